The molecule has 0 atom stereocenters. The predicted octanol–water partition coefficient (Wildman–Crippen LogP) is 2.50. The van der Waals surface area contributed by atoms with Gasteiger partial charge in [0.15, 0.2) is 0 Å². The number of carbonyl (C=O) groups excluding carboxylic acids is 1. The third kappa shape index (κ3) is 4.16. The van der Waals surface area contributed by atoms with Gasteiger partial charge in [-0.25, -0.2) is 8.42 Å². The smallest absolute Gasteiger partial charge is 0.261 e. The second-order valence-corrected chi connectivity index (χ2v) is 8.31. The van der Waals surface area contributed by atoms with Crippen molar-refractivity contribution in [3.8, 4) is 0 Å². The van der Waals surface area contributed by atoms with Gasteiger partial charge in [0, 0.05) is 30.4 Å². The molecule has 3 N–H and O–H groups in total. The van der Waals surface area contributed by atoms with Gasteiger partial charge in [0.05, 0.1) is 4.90 Å². The van der Waals surface area contributed by atoms with Crippen LogP contribution in [0.3, 0.4) is 0 Å². The first-order chi connectivity index (χ1) is 12.3. The molecule has 2 aromatic carbocycles. The Labute approximate surface area is 154 Å². The Morgan fingerprint density at radius 3 is 2.15 bits per heavy atom. The van der Waals surface area contributed by atoms with E-state index in [0.717, 1.165) is 37.2 Å². The van der Waals surface area contributed by atoms with Crippen molar-refractivity contribution in [2.45, 2.75) is 24.7 Å². The van der Waals surface area contributed by atoms with Crippen molar-refractivity contribution < 1.29 is 13.2 Å². The molecule has 1 fully saturated rings. The van der Waals surface area contributed by atoms with Crippen molar-refractivity contribution >= 4 is 27.3 Å². The Morgan fingerprint density at radius 2 is 1.62 bits per heavy atom. The number of hydrogen-bond donors (Lipinski definition) is 2. The van der Waals surface area contributed by atoms with Crippen LogP contribution in [0.2, 0.25) is 0 Å². The summed E-state index contributed by atoms with van der Waals surface area (Å²) >= 11 is 0. The maximum absolute atomic E-state index is 12.4. The number of benzene rings is 2. The first-order valence-electron chi connectivity index (χ1n) is 8.59. The fourth-order valence-corrected chi connectivity index (χ4v) is 4.15. The monoisotopic (exact) mass is 373 g/mol. The molecule has 1 saturated heterocycles. The van der Waals surface area contributed by atoms with Crippen molar-refractivity contribution in [2.75, 3.05) is 22.7 Å². The van der Waals surface area contributed by atoms with E-state index in [1.807, 2.05) is 19.1 Å². The largest absolute Gasteiger partial charge is 0.371 e. The van der Waals surface area contributed by atoms with Crippen molar-refractivity contribution in [1.29, 1.82) is 0 Å². The van der Waals surface area contributed by atoms with Gasteiger partial charge < -0.3 is 10.6 Å². The molecule has 26 heavy (non-hydrogen) atoms. The molecule has 1 amide bonds. The van der Waals surface area contributed by atoms with Crippen LogP contribution in [0, 0.1) is 12.8 Å². The molecule has 0 unspecified atom stereocenters. The van der Waals surface area contributed by atoms with Gasteiger partial charge in [-0.3, -0.25) is 9.52 Å². The number of sulfonamides is 1. The number of nitrogens with zero attached hydrogens (tertiary/aromatic N) is 1. The van der Waals surface area contributed by atoms with Gasteiger partial charge in [-0.2, -0.15) is 0 Å². The van der Waals surface area contributed by atoms with E-state index in [-0.39, 0.29) is 16.7 Å². The molecule has 0 spiro atoms. The Balaban J connectivity index is 1.66. The zero-order valence-corrected chi connectivity index (χ0v) is 15.5. The van der Waals surface area contributed by atoms with Crippen LogP contribution in [0.1, 0.15) is 18.4 Å². The normalized spacial score (nSPS) is 15.7. The van der Waals surface area contributed by atoms with Crippen LogP contribution in [-0.4, -0.2) is 27.4 Å². The second-order valence-electron chi connectivity index (χ2n) is 6.63. The second kappa shape index (κ2) is 7.37. The highest BCUT2D eigenvalue weighted by Gasteiger charge is 2.23. The molecule has 3 rings (SSSR count). The van der Waals surface area contributed by atoms with E-state index >= 15 is 0 Å². The van der Waals surface area contributed by atoms with Crippen molar-refractivity contribution in [2.24, 2.45) is 11.7 Å². The highest BCUT2D eigenvalue weighted by atomic mass is 32.2. The lowest BCUT2D eigenvalue weighted by molar-refractivity contribution is -0.122. The van der Waals surface area contributed by atoms with Crippen molar-refractivity contribution in [1.82, 2.24) is 0 Å². The maximum atomic E-state index is 12.4. The average molecular weight is 373 g/mol. The lowest BCUT2D eigenvalue weighted by Crippen LogP contribution is -2.38. The van der Waals surface area contributed by atoms with Gasteiger partial charge in [0.1, 0.15) is 0 Å². The molecule has 1 heterocycles. The number of amides is 1. The van der Waals surface area contributed by atoms with Crippen molar-refractivity contribution in [3.05, 3.63) is 54.1 Å². The highest BCUT2D eigenvalue weighted by molar-refractivity contribution is 7.92. The summed E-state index contributed by atoms with van der Waals surface area (Å²) in [5.74, 6) is -0.280. The summed E-state index contributed by atoms with van der Waals surface area (Å²) in [6.45, 7) is 3.44. The molecule has 6 nitrogen and oxygen atoms in total. The van der Waals surface area contributed by atoms with Gasteiger partial charge in [-0.05, 0) is 56.2 Å². The molecule has 0 aliphatic carbocycles. The third-order valence-corrected chi connectivity index (χ3v) is 6.11. The molecule has 0 saturated carbocycles. The van der Waals surface area contributed by atoms with Gasteiger partial charge in [0.2, 0.25) is 5.91 Å². The molecule has 1 aliphatic heterocycles. The zero-order valence-electron chi connectivity index (χ0n) is 14.7. The van der Waals surface area contributed by atoms with E-state index in [1.54, 1.807) is 36.4 Å². The van der Waals surface area contributed by atoms with Crippen LogP contribution in [-0.2, 0) is 14.8 Å². The first kappa shape index (κ1) is 18.3. The molecular formula is C19H23N3O3S. The van der Waals surface area contributed by atoms with Crippen LogP contribution in [0.25, 0.3) is 0 Å². The van der Waals surface area contributed by atoms with E-state index in [1.165, 1.54) is 0 Å². The van der Waals surface area contributed by atoms with E-state index in [0.29, 0.717) is 5.69 Å². The van der Waals surface area contributed by atoms with Gasteiger partial charge in [0.25, 0.3) is 10.0 Å². The number of hydrogen-bond acceptors (Lipinski definition) is 4. The minimum atomic E-state index is -3.60. The molecule has 138 valence electrons. The fraction of sp³-hybridized carbons (Fsp3) is 0.316. The van der Waals surface area contributed by atoms with Gasteiger partial charge in [-0.15, -0.1) is 0 Å². The summed E-state index contributed by atoms with van der Waals surface area (Å²) in [7, 11) is -3.60. The van der Waals surface area contributed by atoms with E-state index in [9.17, 15) is 13.2 Å². The molecule has 0 aromatic heterocycles. The minimum Gasteiger partial charge on any atom is -0.371 e. The van der Waals surface area contributed by atoms with Crippen LogP contribution in [0.5, 0.6) is 0 Å². The van der Waals surface area contributed by atoms with E-state index in [2.05, 4.69) is 9.62 Å². The Kier molecular flexibility index (Phi) is 5.18. The fourth-order valence-electron chi connectivity index (χ4n) is 3.09. The number of carbonyl (C=O) groups is 1. The summed E-state index contributed by atoms with van der Waals surface area (Å²) in [6, 6.07) is 14.0. The number of aryl methyl sites for hydroxylation is 1. The Morgan fingerprint density at radius 1 is 1.04 bits per heavy atom. The number of nitrogens with two attached hydrogens (primary N) is 1. The average Bonchev–Trinajstić information content (AvgIpc) is 2.62. The molecule has 7 heteroatoms. The Bertz CT molecular complexity index is 869. The van der Waals surface area contributed by atoms with Gasteiger partial charge >= 0.3 is 0 Å². The molecular weight excluding hydrogens is 350 g/mol. The SMILES string of the molecule is Cc1ccc(S(=O)(=O)Nc2ccc(N3CCC(C(N)=O)CC3)cc2)cc1. The Hall–Kier alpha value is -2.54. The lowest BCUT2D eigenvalue weighted by Gasteiger charge is -2.32. The minimum absolute atomic E-state index is 0.0492. The molecule has 0 radical (unpaired) electrons. The summed E-state index contributed by atoms with van der Waals surface area (Å²) in [5.41, 5.74) is 7.89. The number of rotatable bonds is 5. The number of nitrogens with one attached hydrogen (secondary N) is 1. The first-order valence-corrected chi connectivity index (χ1v) is 10.1. The quantitative estimate of drug-likeness (QED) is 0.842. The van der Waals surface area contributed by atoms with Crippen molar-refractivity contribution in [3.63, 3.8) is 0 Å². The van der Waals surface area contributed by atoms with Crippen LogP contribution in [0.4, 0.5) is 11.4 Å². The zero-order chi connectivity index (χ0) is 18.7. The lowest BCUT2D eigenvalue weighted by atomic mass is 9.96. The van der Waals surface area contributed by atoms with E-state index in [4.69, 9.17) is 5.73 Å². The van der Waals surface area contributed by atoms with Gasteiger partial charge in [-0.1, -0.05) is 17.7 Å². The predicted molar refractivity (Wildman–Crippen MR) is 103 cm³/mol. The maximum Gasteiger partial charge on any atom is 0.261 e. The van der Waals surface area contributed by atoms with Crippen LogP contribution >= 0.6 is 0 Å². The topological polar surface area (TPSA) is 92.5 Å². The third-order valence-electron chi connectivity index (χ3n) is 4.71. The molecule has 2 aromatic rings. The molecule has 0 bridgehead atoms. The summed E-state index contributed by atoms with van der Waals surface area (Å²) in [4.78, 5) is 13.7. The van der Waals surface area contributed by atoms with Crippen LogP contribution < -0.4 is 15.4 Å². The summed E-state index contributed by atoms with van der Waals surface area (Å²) < 4.78 is 27.5. The van der Waals surface area contributed by atoms with Crippen LogP contribution in [0.15, 0.2) is 53.4 Å². The standard InChI is InChI=1S/C19H23N3O3S/c1-14-2-8-18(9-3-14)26(24,25)21-16-4-6-17(7-5-16)22-12-10-15(11-13-22)19(20)23/h2-9,15,21H,10-13H2,1H3,(H2,20,23). The number of piperidine rings is 1. The molecule has 1 aliphatic rings. The highest BCUT2D eigenvalue weighted by Crippen LogP contribution is 2.25. The summed E-state index contributed by atoms with van der Waals surface area (Å²) in [5, 5.41) is 0. The van der Waals surface area contributed by atoms with E-state index < -0.39 is 10.0 Å². The number of primary amides is 1. The summed E-state index contributed by atoms with van der Waals surface area (Å²) in [6.07, 6.45) is 1.49. The number of anilines is 2.